The molecule has 0 bridgehead atoms. The molecule has 0 heterocycles. The van der Waals surface area contributed by atoms with E-state index in [0.717, 1.165) is 0 Å². The zero-order chi connectivity index (χ0) is 10.6. The van der Waals surface area contributed by atoms with Gasteiger partial charge in [0, 0.05) is 6.54 Å². The maximum Gasteiger partial charge on any atom is 0.127 e. The Kier molecular flexibility index (Phi) is 4.14. The lowest BCUT2D eigenvalue weighted by molar-refractivity contribution is 0.481. The molecule has 0 aliphatic rings. The fourth-order valence-corrected chi connectivity index (χ4v) is 1.30. The van der Waals surface area contributed by atoms with Gasteiger partial charge < -0.3 is 5.32 Å². The maximum atomic E-state index is 13.0. The van der Waals surface area contributed by atoms with Crippen LogP contribution < -0.4 is 5.32 Å². The van der Waals surface area contributed by atoms with E-state index in [9.17, 15) is 8.78 Å². The largest absolute Gasteiger partial charge is 0.384 e. The van der Waals surface area contributed by atoms with Gasteiger partial charge in [0.1, 0.15) is 5.82 Å². The third kappa shape index (κ3) is 2.84. The number of halogens is 3. The second-order valence-corrected chi connectivity index (χ2v) is 3.46. The van der Waals surface area contributed by atoms with Gasteiger partial charge in [-0.2, -0.15) is 0 Å². The fraction of sp³-hybridized carbons (Fsp3) is 0.400. The quantitative estimate of drug-likeness (QED) is 0.764. The molecule has 14 heavy (non-hydrogen) atoms. The van der Waals surface area contributed by atoms with Gasteiger partial charge in [-0.25, -0.2) is 4.39 Å². The van der Waals surface area contributed by atoms with E-state index in [1.165, 1.54) is 6.07 Å². The smallest absolute Gasteiger partial charge is 0.127 e. The molecule has 0 spiro atoms. The molecule has 0 saturated heterocycles. The lowest BCUT2D eigenvalue weighted by Gasteiger charge is -2.08. The first-order chi connectivity index (χ1) is 6.65. The zero-order valence-electron chi connectivity index (χ0n) is 7.91. The monoisotopic (exact) mass is 219 g/mol. The van der Waals surface area contributed by atoms with Crippen molar-refractivity contribution in [1.29, 1.82) is 0 Å². The van der Waals surface area contributed by atoms with Crippen LogP contribution in [0.15, 0.2) is 12.1 Å². The molecule has 1 nitrogen and oxygen atoms in total. The van der Waals surface area contributed by atoms with Crippen molar-refractivity contribution in [3.05, 3.63) is 28.5 Å². The normalized spacial score (nSPS) is 10.3. The number of rotatable bonds is 4. The topological polar surface area (TPSA) is 12.0 Å². The summed E-state index contributed by atoms with van der Waals surface area (Å²) in [5.74, 6) is -0.328. The van der Waals surface area contributed by atoms with Gasteiger partial charge in [0.25, 0.3) is 0 Å². The van der Waals surface area contributed by atoms with E-state index < -0.39 is 0 Å². The molecule has 0 radical (unpaired) electrons. The number of nitrogens with one attached hydrogen (secondary N) is 1. The van der Waals surface area contributed by atoms with Gasteiger partial charge in [-0.15, -0.1) is 0 Å². The van der Waals surface area contributed by atoms with Crippen molar-refractivity contribution in [1.82, 2.24) is 0 Å². The van der Waals surface area contributed by atoms with Crippen molar-refractivity contribution in [2.45, 2.75) is 13.3 Å². The molecule has 0 aromatic heterocycles. The van der Waals surface area contributed by atoms with Crippen molar-refractivity contribution >= 4 is 17.3 Å². The highest BCUT2D eigenvalue weighted by atomic mass is 35.5. The highest BCUT2D eigenvalue weighted by Gasteiger charge is 2.04. The van der Waals surface area contributed by atoms with Crippen LogP contribution in [0.25, 0.3) is 0 Å². The summed E-state index contributed by atoms with van der Waals surface area (Å²) in [5.41, 5.74) is 1.18. The van der Waals surface area contributed by atoms with Crippen LogP contribution in [0.1, 0.15) is 12.0 Å². The third-order valence-corrected chi connectivity index (χ3v) is 2.19. The van der Waals surface area contributed by atoms with E-state index in [1.54, 1.807) is 13.0 Å². The standard InChI is InChI=1S/C10H12ClF2N/c1-7-5-10(14-4-2-3-12)8(11)6-9(7)13/h5-6,14H,2-4H2,1H3. The van der Waals surface area contributed by atoms with Gasteiger partial charge in [-0.05, 0) is 31.0 Å². The molecule has 78 valence electrons. The van der Waals surface area contributed by atoms with Crippen molar-refractivity contribution in [3.63, 3.8) is 0 Å². The van der Waals surface area contributed by atoms with Gasteiger partial charge in [-0.1, -0.05) is 11.6 Å². The van der Waals surface area contributed by atoms with Gasteiger partial charge in [-0.3, -0.25) is 4.39 Å². The third-order valence-electron chi connectivity index (χ3n) is 1.87. The van der Waals surface area contributed by atoms with Gasteiger partial charge >= 0.3 is 0 Å². The Balaban J connectivity index is 2.72. The Hall–Kier alpha value is -0.830. The van der Waals surface area contributed by atoms with Crippen LogP contribution in [0.2, 0.25) is 5.02 Å². The van der Waals surface area contributed by atoms with Crippen molar-refractivity contribution < 1.29 is 8.78 Å². The highest BCUT2D eigenvalue weighted by molar-refractivity contribution is 6.33. The lowest BCUT2D eigenvalue weighted by Crippen LogP contribution is -2.03. The first-order valence-corrected chi connectivity index (χ1v) is 4.78. The molecule has 0 fully saturated rings. The first kappa shape index (κ1) is 11.2. The Morgan fingerprint density at radius 2 is 2.14 bits per heavy atom. The highest BCUT2D eigenvalue weighted by Crippen LogP contribution is 2.24. The Labute approximate surface area is 87.1 Å². The Morgan fingerprint density at radius 3 is 2.79 bits per heavy atom. The minimum absolute atomic E-state index is 0.326. The van der Waals surface area contributed by atoms with E-state index in [4.69, 9.17) is 11.6 Å². The predicted octanol–water partition coefficient (Wildman–Crippen LogP) is 3.56. The Morgan fingerprint density at radius 1 is 1.43 bits per heavy atom. The molecular formula is C10H12ClF2N. The van der Waals surface area contributed by atoms with E-state index in [-0.39, 0.29) is 12.5 Å². The minimum atomic E-state index is -0.370. The number of benzene rings is 1. The summed E-state index contributed by atoms with van der Waals surface area (Å²) in [6, 6.07) is 2.88. The number of hydrogen-bond donors (Lipinski definition) is 1. The first-order valence-electron chi connectivity index (χ1n) is 4.40. The molecule has 0 atom stereocenters. The van der Waals surface area contributed by atoms with Crippen LogP contribution >= 0.6 is 11.6 Å². The van der Waals surface area contributed by atoms with E-state index in [1.807, 2.05) is 0 Å². The molecule has 0 aliphatic carbocycles. The Bertz CT molecular complexity index is 315. The summed E-state index contributed by atoms with van der Waals surface area (Å²) in [6.45, 7) is 1.79. The summed E-state index contributed by atoms with van der Waals surface area (Å²) in [4.78, 5) is 0. The van der Waals surface area contributed by atoms with Gasteiger partial charge in [0.2, 0.25) is 0 Å². The molecule has 4 heteroatoms. The second kappa shape index (κ2) is 5.15. The summed E-state index contributed by atoms with van der Waals surface area (Å²) >= 11 is 5.78. The molecule has 0 aliphatic heterocycles. The average Bonchev–Trinajstić information content (AvgIpc) is 2.14. The number of aryl methyl sites for hydroxylation is 1. The predicted molar refractivity (Wildman–Crippen MR) is 55.2 cm³/mol. The van der Waals surface area contributed by atoms with Gasteiger partial charge in [0.15, 0.2) is 0 Å². The summed E-state index contributed by atoms with van der Waals surface area (Å²) < 4.78 is 24.8. The average molecular weight is 220 g/mol. The van der Waals surface area contributed by atoms with E-state index in [2.05, 4.69) is 5.32 Å². The number of hydrogen-bond acceptors (Lipinski definition) is 1. The summed E-state index contributed by atoms with van der Waals surface area (Å²) in [7, 11) is 0. The summed E-state index contributed by atoms with van der Waals surface area (Å²) in [5, 5.41) is 3.27. The van der Waals surface area contributed by atoms with E-state index in [0.29, 0.717) is 29.2 Å². The van der Waals surface area contributed by atoms with Crippen LogP contribution in [0.4, 0.5) is 14.5 Å². The van der Waals surface area contributed by atoms with Crippen molar-refractivity contribution in [2.75, 3.05) is 18.5 Å². The zero-order valence-corrected chi connectivity index (χ0v) is 8.67. The van der Waals surface area contributed by atoms with Crippen LogP contribution in [-0.4, -0.2) is 13.2 Å². The maximum absolute atomic E-state index is 13.0. The molecule has 1 N–H and O–H groups in total. The number of anilines is 1. The molecular weight excluding hydrogens is 208 g/mol. The van der Waals surface area contributed by atoms with Crippen LogP contribution in [0.3, 0.4) is 0 Å². The molecule has 0 amide bonds. The molecule has 1 aromatic rings. The van der Waals surface area contributed by atoms with Gasteiger partial charge in [0.05, 0.1) is 17.4 Å². The van der Waals surface area contributed by atoms with Crippen LogP contribution in [0.5, 0.6) is 0 Å². The van der Waals surface area contributed by atoms with Crippen molar-refractivity contribution in [2.24, 2.45) is 0 Å². The number of alkyl halides is 1. The molecule has 0 unspecified atom stereocenters. The summed E-state index contributed by atoms with van der Waals surface area (Å²) in [6.07, 6.45) is 0.423. The molecule has 1 aromatic carbocycles. The van der Waals surface area contributed by atoms with Crippen LogP contribution in [0, 0.1) is 12.7 Å². The fourth-order valence-electron chi connectivity index (χ4n) is 1.08. The molecule has 1 rings (SSSR count). The van der Waals surface area contributed by atoms with E-state index >= 15 is 0 Å². The van der Waals surface area contributed by atoms with Crippen molar-refractivity contribution in [3.8, 4) is 0 Å². The SMILES string of the molecule is Cc1cc(NCCCF)c(Cl)cc1F. The minimum Gasteiger partial charge on any atom is -0.384 e. The second-order valence-electron chi connectivity index (χ2n) is 3.05. The lowest BCUT2D eigenvalue weighted by atomic mass is 10.2. The van der Waals surface area contributed by atoms with Crippen LogP contribution in [-0.2, 0) is 0 Å². The molecule has 0 saturated carbocycles.